The molecule has 2 aromatic rings. The summed E-state index contributed by atoms with van der Waals surface area (Å²) in [6.45, 7) is 1.82. The van der Waals surface area contributed by atoms with Gasteiger partial charge in [-0.15, -0.1) is 0 Å². The number of rotatable bonds is 8. The van der Waals surface area contributed by atoms with Crippen LogP contribution in [0.4, 0.5) is 0 Å². The van der Waals surface area contributed by atoms with E-state index in [4.69, 9.17) is 9.47 Å². The molecule has 1 aromatic carbocycles. The molecule has 1 heterocycles. The number of carbonyl (C=O) groups excluding carboxylic acids is 1. The van der Waals surface area contributed by atoms with Gasteiger partial charge >= 0.3 is 0 Å². The Hall–Kier alpha value is -2.60. The van der Waals surface area contributed by atoms with E-state index in [0.717, 1.165) is 17.1 Å². The molecular formula is C17H21N3O3. The van der Waals surface area contributed by atoms with Crippen molar-refractivity contribution in [3.8, 4) is 11.5 Å². The molecule has 0 aliphatic heterocycles. The predicted octanol–water partition coefficient (Wildman–Crippen LogP) is 1.62. The molecule has 0 aliphatic rings. The topological polar surface area (TPSA) is 72.5 Å². The molecule has 0 saturated heterocycles. The predicted molar refractivity (Wildman–Crippen MR) is 87.8 cm³/mol. The Labute approximate surface area is 135 Å². The van der Waals surface area contributed by atoms with E-state index in [1.54, 1.807) is 38.7 Å². The average Bonchev–Trinajstić information content (AvgIpc) is 2.61. The number of hydrogen-bond donors (Lipinski definition) is 2. The SMILES string of the molecule is COc1ccc(OC)c(CNCCNC(=O)c2ccncc2)c1. The molecule has 122 valence electrons. The normalized spacial score (nSPS) is 10.2. The van der Waals surface area contributed by atoms with Gasteiger partial charge in [0.15, 0.2) is 0 Å². The first-order valence-electron chi connectivity index (χ1n) is 7.34. The number of carbonyl (C=O) groups is 1. The Morgan fingerprint density at radius 3 is 2.57 bits per heavy atom. The van der Waals surface area contributed by atoms with Crippen molar-refractivity contribution in [1.29, 1.82) is 0 Å². The lowest BCUT2D eigenvalue weighted by atomic mass is 10.2. The molecule has 1 aromatic heterocycles. The zero-order valence-corrected chi connectivity index (χ0v) is 13.3. The Bertz CT molecular complexity index is 632. The third kappa shape index (κ3) is 4.96. The van der Waals surface area contributed by atoms with E-state index >= 15 is 0 Å². The molecule has 0 unspecified atom stereocenters. The van der Waals surface area contributed by atoms with Crippen LogP contribution in [0.1, 0.15) is 15.9 Å². The second kappa shape index (κ2) is 8.75. The molecule has 0 bridgehead atoms. The van der Waals surface area contributed by atoms with E-state index in [-0.39, 0.29) is 5.91 Å². The Morgan fingerprint density at radius 1 is 1.09 bits per heavy atom. The van der Waals surface area contributed by atoms with Crippen LogP contribution in [0.2, 0.25) is 0 Å². The Morgan fingerprint density at radius 2 is 1.87 bits per heavy atom. The van der Waals surface area contributed by atoms with Gasteiger partial charge in [-0.25, -0.2) is 0 Å². The fourth-order valence-electron chi connectivity index (χ4n) is 2.11. The van der Waals surface area contributed by atoms with Crippen molar-refractivity contribution < 1.29 is 14.3 Å². The van der Waals surface area contributed by atoms with Crippen molar-refractivity contribution in [3.05, 3.63) is 53.9 Å². The molecule has 6 heteroatoms. The number of hydrogen-bond acceptors (Lipinski definition) is 5. The Balaban J connectivity index is 1.76. The van der Waals surface area contributed by atoms with Crippen molar-refractivity contribution in [3.63, 3.8) is 0 Å². The molecule has 0 fully saturated rings. The third-order valence-corrected chi connectivity index (χ3v) is 3.33. The summed E-state index contributed by atoms with van der Waals surface area (Å²) in [6.07, 6.45) is 3.20. The van der Waals surface area contributed by atoms with Crippen molar-refractivity contribution in [1.82, 2.24) is 15.6 Å². The molecule has 0 saturated carbocycles. The summed E-state index contributed by atoms with van der Waals surface area (Å²) in [5.74, 6) is 1.49. The van der Waals surface area contributed by atoms with Gasteiger partial charge in [0, 0.05) is 43.2 Å². The molecular weight excluding hydrogens is 294 g/mol. The smallest absolute Gasteiger partial charge is 0.251 e. The lowest BCUT2D eigenvalue weighted by Crippen LogP contribution is -2.31. The van der Waals surface area contributed by atoms with Gasteiger partial charge in [0.25, 0.3) is 5.91 Å². The number of aromatic nitrogens is 1. The largest absolute Gasteiger partial charge is 0.497 e. The van der Waals surface area contributed by atoms with Crippen LogP contribution < -0.4 is 20.1 Å². The van der Waals surface area contributed by atoms with Gasteiger partial charge in [-0.2, -0.15) is 0 Å². The van der Waals surface area contributed by atoms with E-state index in [9.17, 15) is 4.79 Å². The van der Waals surface area contributed by atoms with Gasteiger partial charge in [-0.05, 0) is 30.3 Å². The highest BCUT2D eigenvalue weighted by Gasteiger charge is 2.06. The van der Waals surface area contributed by atoms with Crippen LogP contribution in [0, 0.1) is 0 Å². The van der Waals surface area contributed by atoms with Crippen molar-refractivity contribution in [2.75, 3.05) is 27.3 Å². The van der Waals surface area contributed by atoms with Crippen LogP contribution in [0.15, 0.2) is 42.7 Å². The molecule has 23 heavy (non-hydrogen) atoms. The monoisotopic (exact) mass is 315 g/mol. The highest BCUT2D eigenvalue weighted by atomic mass is 16.5. The van der Waals surface area contributed by atoms with Crippen LogP contribution in [0.5, 0.6) is 11.5 Å². The fraction of sp³-hybridized carbons (Fsp3) is 0.294. The van der Waals surface area contributed by atoms with Crippen LogP contribution in [-0.4, -0.2) is 38.2 Å². The van der Waals surface area contributed by atoms with Gasteiger partial charge in [0.2, 0.25) is 0 Å². The molecule has 2 rings (SSSR count). The summed E-state index contributed by atoms with van der Waals surface area (Å²) in [7, 11) is 3.27. The molecule has 0 radical (unpaired) electrons. The van der Waals surface area contributed by atoms with E-state index < -0.39 is 0 Å². The minimum absolute atomic E-state index is 0.104. The minimum atomic E-state index is -0.104. The first-order valence-corrected chi connectivity index (χ1v) is 7.34. The lowest BCUT2D eigenvalue weighted by Gasteiger charge is -2.11. The van der Waals surface area contributed by atoms with Gasteiger partial charge < -0.3 is 20.1 Å². The molecule has 1 amide bonds. The molecule has 0 aliphatic carbocycles. The minimum Gasteiger partial charge on any atom is -0.497 e. The summed E-state index contributed by atoms with van der Waals surface area (Å²) in [6, 6.07) is 9.04. The second-order valence-corrected chi connectivity index (χ2v) is 4.85. The number of pyridine rings is 1. The van der Waals surface area contributed by atoms with Crippen LogP contribution in [0.3, 0.4) is 0 Å². The maximum atomic E-state index is 11.9. The van der Waals surface area contributed by atoms with Crippen molar-refractivity contribution in [2.24, 2.45) is 0 Å². The lowest BCUT2D eigenvalue weighted by molar-refractivity contribution is 0.0954. The quantitative estimate of drug-likeness (QED) is 0.724. The van der Waals surface area contributed by atoms with E-state index in [0.29, 0.717) is 25.2 Å². The maximum Gasteiger partial charge on any atom is 0.251 e. The number of ether oxygens (including phenoxy) is 2. The van der Waals surface area contributed by atoms with Gasteiger partial charge in [0.1, 0.15) is 11.5 Å². The number of nitrogens with one attached hydrogen (secondary N) is 2. The summed E-state index contributed by atoms with van der Waals surface area (Å²) in [4.78, 5) is 15.7. The first-order chi connectivity index (χ1) is 11.2. The number of benzene rings is 1. The second-order valence-electron chi connectivity index (χ2n) is 4.85. The van der Waals surface area contributed by atoms with E-state index in [1.165, 1.54) is 0 Å². The Kier molecular flexibility index (Phi) is 6.38. The first kappa shape index (κ1) is 16.8. The van der Waals surface area contributed by atoms with Crippen LogP contribution in [0.25, 0.3) is 0 Å². The standard InChI is InChI=1S/C17H21N3O3/c1-22-15-3-4-16(23-2)14(11-15)12-19-9-10-20-17(21)13-5-7-18-8-6-13/h3-8,11,19H,9-10,12H2,1-2H3,(H,20,21). The summed E-state index contributed by atoms with van der Waals surface area (Å²) in [5, 5.41) is 6.12. The van der Waals surface area contributed by atoms with Crippen molar-refractivity contribution >= 4 is 5.91 Å². The average molecular weight is 315 g/mol. The van der Waals surface area contributed by atoms with Crippen LogP contribution >= 0.6 is 0 Å². The van der Waals surface area contributed by atoms with Gasteiger partial charge in [-0.3, -0.25) is 9.78 Å². The third-order valence-electron chi connectivity index (χ3n) is 3.33. The van der Waals surface area contributed by atoms with Crippen LogP contribution in [-0.2, 0) is 6.54 Å². The van der Waals surface area contributed by atoms with E-state index in [2.05, 4.69) is 15.6 Å². The summed E-state index contributed by atoms with van der Waals surface area (Å²) in [5.41, 5.74) is 1.61. The zero-order chi connectivity index (χ0) is 16.5. The molecule has 0 spiro atoms. The van der Waals surface area contributed by atoms with Gasteiger partial charge in [0.05, 0.1) is 14.2 Å². The van der Waals surface area contributed by atoms with E-state index in [1.807, 2.05) is 18.2 Å². The highest BCUT2D eigenvalue weighted by molar-refractivity contribution is 5.93. The molecule has 6 nitrogen and oxygen atoms in total. The summed E-state index contributed by atoms with van der Waals surface area (Å²) >= 11 is 0. The fourth-order valence-corrected chi connectivity index (χ4v) is 2.11. The van der Waals surface area contributed by atoms with Crippen molar-refractivity contribution in [2.45, 2.75) is 6.54 Å². The maximum absolute atomic E-state index is 11.9. The highest BCUT2D eigenvalue weighted by Crippen LogP contribution is 2.23. The zero-order valence-electron chi connectivity index (χ0n) is 13.3. The number of amides is 1. The molecule has 2 N–H and O–H groups in total. The number of methoxy groups -OCH3 is 2. The number of nitrogens with zero attached hydrogens (tertiary/aromatic N) is 1. The molecule has 0 atom stereocenters. The van der Waals surface area contributed by atoms with Gasteiger partial charge in [-0.1, -0.05) is 0 Å². The summed E-state index contributed by atoms with van der Waals surface area (Å²) < 4.78 is 10.5.